The fraction of sp³-hybridized carbons (Fsp3) is 0.467. The molecule has 0 unspecified atom stereocenters. The van der Waals surface area contributed by atoms with Crippen LogP contribution in [0.4, 0.5) is 5.69 Å². The van der Waals surface area contributed by atoms with Crippen molar-refractivity contribution in [2.45, 2.75) is 44.1 Å². The average Bonchev–Trinajstić information content (AvgIpc) is 2.73. The molecule has 0 radical (unpaired) electrons. The van der Waals surface area contributed by atoms with Crippen LogP contribution in [-0.2, 0) is 0 Å². The van der Waals surface area contributed by atoms with Crippen LogP contribution in [0.5, 0.6) is 0 Å². The van der Waals surface area contributed by atoms with E-state index in [1.54, 1.807) is 6.07 Å². The standard InChI is InChI=1S/C15H17N3O3/c16-11-15(9-5-1-2-6-10-15)17-14(19)12-7-3-4-8-13(12)18(20)21/h3-4,7-8H,1-2,5-6,9-10H2,(H,17,19). The van der Waals surface area contributed by atoms with E-state index in [0.29, 0.717) is 12.8 Å². The largest absolute Gasteiger partial charge is 0.333 e. The van der Waals surface area contributed by atoms with Crippen molar-refractivity contribution in [2.75, 3.05) is 0 Å². The summed E-state index contributed by atoms with van der Waals surface area (Å²) in [5.41, 5.74) is -1.14. The van der Waals surface area contributed by atoms with Crippen LogP contribution < -0.4 is 5.32 Å². The van der Waals surface area contributed by atoms with Gasteiger partial charge in [-0.25, -0.2) is 0 Å². The zero-order chi connectivity index (χ0) is 15.3. The number of hydrogen-bond acceptors (Lipinski definition) is 4. The summed E-state index contributed by atoms with van der Waals surface area (Å²) >= 11 is 0. The quantitative estimate of drug-likeness (QED) is 0.525. The van der Waals surface area contributed by atoms with E-state index < -0.39 is 16.4 Å². The molecule has 1 aliphatic rings. The first-order valence-corrected chi connectivity index (χ1v) is 7.05. The van der Waals surface area contributed by atoms with Gasteiger partial charge in [0.15, 0.2) is 0 Å². The van der Waals surface area contributed by atoms with E-state index in [1.807, 2.05) is 0 Å². The Bertz CT molecular complexity index is 584. The first-order chi connectivity index (χ1) is 10.1. The van der Waals surface area contributed by atoms with Gasteiger partial charge in [-0.15, -0.1) is 0 Å². The van der Waals surface area contributed by atoms with Gasteiger partial charge in [-0.05, 0) is 18.9 Å². The monoisotopic (exact) mass is 287 g/mol. The Kier molecular flexibility index (Phi) is 4.53. The molecule has 0 atom stereocenters. The van der Waals surface area contributed by atoms with E-state index in [0.717, 1.165) is 25.7 Å². The van der Waals surface area contributed by atoms with Gasteiger partial charge in [0.05, 0.1) is 11.0 Å². The van der Waals surface area contributed by atoms with Gasteiger partial charge < -0.3 is 5.32 Å². The third kappa shape index (κ3) is 3.37. The number of carbonyl (C=O) groups excluding carboxylic acids is 1. The van der Waals surface area contributed by atoms with Gasteiger partial charge in [0, 0.05) is 6.07 Å². The molecule has 1 amide bonds. The second kappa shape index (κ2) is 6.35. The number of nitrogens with zero attached hydrogens (tertiary/aromatic N) is 2. The van der Waals surface area contributed by atoms with Crippen molar-refractivity contribution in [1.82, 2.24) is 5.32 Å². The third-order valence-corrected chi connectivity index (χ3v) is 3.87. The van der Waals surface area contributed by atoms with Gasteiger partial charge in [-0.3, -0.25) is 14.9 Å². The van der Waals surface area contributed by atoms with E-state index in [9.17, 15) is 20.2 Å². The molecule has 1 fully saturated rings. The Labute approximate surface area is 122 Å². The van der Waals surface area contributed by atoms with Gasteiger partial charge >= 0.3 is 0 Å². The lowest BCUT2D eigenvalue weighted by Gasteiger charge is -2.26. The van der Waals surface area contributed by atoms with Crippen molar-refractivity contribution < 1.29 is 9.72 Å². The molecule has 0 spiro atoms. The maximum atomic E-state index is 12.3. The molecule has 0 heterocycles. The maximum absolute atomic E-state index is 12.3. The number of carbonyl (C=O) groups is 1. The van der Waals surface area contributed by atoms with Crippen molar-refractivity contribution >= 4 is 11.6 Å². The molecule has 21 heavy (non-hydrogen) atoms. The topological polar surface area (TPSA) is 96.0 Å². The van der Waals surface area contributed by atoms with Crippen molar-refractivity contribution in [3.8, 4) is 6.07 Å². The molecule has 6 heteroatoms. The van der Waals surface area contributed by atoms with Gasteiger partial charge in [0.25, 0.3) is 11.6 Å². The van der Waals surface area contributed by atoms with E-state index >= 15 is 0 Å². The molecular weight excluding hydrogens is 270 g/mol. The molecule has 1 aromatic rings. The molecule has 0 aliphatic heterocycles. The van der Waals surface area contributed by atoms with Gasteiger partial charge in [0.1, 0.15) is 11.1 Å². The number of nitro benzene ring substituents is 1. The van der Waals surface area contributed by atoms with Gasteiger partial charge in [0.2, 0.25) is 0 Å². The summed E-state index contributed by atoms with van der Waals surface area (Å²) in [6, 6.07) is 8.00. The number of rotatable bonds is 3. The Morgan fingerprint density at radius 2 is 1.86 bits per heavy atom. The first-order valence-electron chi connectivity index (χ1n) is 7.05. The highest BCUT2D eigenvalue weighted by molar-refractivity contribution is 5.98. The molecule has 1 N–H and O–H groups in total. The minimum absolute atomic E-state index is 0.00127. The SMILES string of the molecule is N#CC1(NC(=O)c2ccccc2[N+](=O)[O-])CCCCCC1. The molecule has 1 saturated carbocycles. The summed E-state index contributed by atoms with van der Waals surface area (Å²) in [4.78, 5) is 22.7. The lowest BCUT2D eigenvalue weighted by atomic mass is 9.91. The van der Waals surface area contributed by atoms with Crippen molar-refractivity contribution in [3.63, 3.8) is 0 Å². The van der Waals surface area contributed by atoms with Crippen LogP contribution in [0.2, 0.25) is 0 Å². The zero-order valence-corrected chi connectivity index (χ0v) is 11.7. The Morgan fingerprint density at radius 3 is 2.43 bits per heavy atom. The number of nitrogens with one attached hydrogen (secondary N) is 1. The number of nitriles is 1. The van der Waals surface area contributed by atoms with Crippen LogP contribution >= 0.6 is 0 Å². The number of para-hydroxylation sites is 1. The third-order valence-electron chi connectivity index (χ3n) is 3.87. The minimum atomic E-state index is -0.905. The predicted molar refractivity (Wildman–Crippen MR) is 76.6 cm³/mol. The highest BCUT2D eigenvalue weighted by atomic mass is 16.6. The Hall–Kier alpha value is -2.42. The van der Waals surface area contributed by atoms with Crippen LogP contribution in [0.1, 0.15) is 48.9 Å². The summed E-state index contributed by atoms with van der Waals surface area (Å²) in [5.74, 6) is -0.550. The molecule has 0 aromatic heterocycles. The zero-order valence-electron chi connectivity index (χ0n) is 11.7. The van der Waals surface area contributed by atoms with Crippen LogP contribution in [0, 0.1) is 21.4 Å². The first kappa shape index (κ1) is 15.0. The summed E-state index contributed by atoms with van der Waals surface area (Å²) in [5, 5.41) is 23.2. The lowest BCUT2D eigenvalue weighted by molar-refractivity contribution is -0.385. The Balaban J connectivity index is 2.24. The molecule has 1 aliphatic carbocycles. The summed E-state index contributed by atoms with van der Waals surface area (Å²) in [6.07, 6.45) is 5.04. The average molecular weight is 287 g/mol. The highest BCUT2D eigenvalue weighted by Crippen LogP contribution is 2.28. The van der Waals surface area contributed by atoms with Gasteiger partial charge in [-0.1, -0.05) is 37.8 Å². The maximum Gasteiger partial charge on any atom is 0.282 e. The van der Waals surface area contributed by atoms with Crippen LogP contribution in [0.25, 0.3) is 0 Å². The van der Waals surface area contributed by atoms with Gasteiger partial charge in [-0.2, -0.15) is 5.26 Å². The van der Waals surface area contributed by atoms with E-state index in [4.69, 9.17) is 0 Å². The van der Waals surface area contributed by atoms with Crippen LogP contribution in [0.15, 0.2) is 24.3 Å². The normalized spacial score (nSPS) is 17.3. The van der Waals surface area contributed by atoms with Crippen LogP contribution in [-0.4, -0.2) is 16.4 Å². The second-order valence-corrected chi connectivity index (χ2v) is 5.34. The van der Waals surface area contributed by atoms with E-state index in [2.05, 4.69) is 11.4 Å². The van der Waals surface area contributed by atoms with E-state index in [-0.39, 0.29) is 11.3 Å². The molecule has 0 bridgehead atoms. The summed E-state index contributed by atoms with van der Waals surface area (Å²) in [7, 11) is 0. The number of benzene rings is 1. The van der Waals surface area contributed by atoms with Crippen molar-refractivity contribution in [1.29, 1.82) is 5.26 Å². The second-order valence-electron chi connectivity index (χ2n) is 5.34. The molecule has 110 valence electrons. The van der Waals surface area contributed by atoms with E-state index in [1.165, 1.54) is 18.2 Å². The van der Waals surface area contributed by atoms with Crippen molar-refractivity contribution in [3.05, 3.63) is 39.9 Å². The molecular formula is C15H17N3O3. The molecule has 1 aromatic carbocycles. The predicted octanol–water partition coefficient (Wildman–Crippen LogP) is 2.94. The fourth-order valence-corrected chi connectivity index (χ4v) is 2.71. The molecule has 6 nitrogen and oxygen atoms in total. The lowest BCUT2D eigenvalue weighted by Crippen LogP contribution is -2.47. The number of amides is 1. The fourth-order valence-electron chi connectivity index (χ4n) is 2.71. The number of nitro groups is 1. The van der Waals surface area contributed by atoms with Crippen molar-refractivity contribution in [2.24, 2.45) is 0 Å². The number of hydrogen-bond donors (Lipinski definition) is 1. The highest BCUT2D eigenvalue weighted by Gasteiger charge is 2.34. The van der Waals surface area contributed by atoms with Crippen LogP contribution in [0.3, 0.4) is 0 Å². The summed E-state index contributed by atoms with van der Waals surface area (Å²) in [6.45, 7) is 0. The summed E-state index contributed by atoms with van der Waals surface area (Å²) < 4.78 is 0. The molecule has 0 saturated heterocycles. The Morgan fingerprint density at radius 1 is 1.24 bits per heavy atom. The minimum Gasteiger partial charge on any atom is -0.333 e. The molecule has 2 rings (SSSR count). The smallest absolute Gasteiger partial charge is 0.282 e.